The van der Waals surface area contributed by atoms with Crippen molar-refractivity contribution in [2.24, 2.45) is 0 Å². The van der Waals surface area contributed by atoms with E-state index in [1.807, 2.05) is 13.8 Å². The molecule has 0 atom stereocenters. The second-order valence-electron chi connectivity index (χ2n) is 10.1. The molecule has 0 saturated heterocycles. The molecule has 5 rings (SSSR count). The van der Waals surface area contributed by atoms with Crippen molar-refractivity contribution < 1.29 is 9.59 Å². The zero-order valence-electron chi connectivity index (χ0n) is 23.2. The number of hydrogen-bond donors (Lipinski definition) is 0. The molecular weight excluding hydrogens is 485 g/mol. The highest BCUT2D eigenvalue weighted by atomic mass is 31.2. The van der Waals surface area contributed by atoms with Crippen molar-refractivity contribution in [1.29, 1.82) is 0 Å². The summed E-state index contributed by atoms with van der Waals surface area (Å²) in [6.45, 7) is 12.8. The molecule has 0 unspecified atom stereocenters. The Kier molecular flexibility index (Phi) is 8.29. The molecule has 4 aromatic rings. The van der Waals surface area contributed by atoms with Crippen molar-refractivity contribution >= 4 is 35.0 Å². The van der Waals surface area contributed by atoms with E-state index in [4.69, 9.17) is 0 Å². The SMILES string of the molecule is CC(C)N1C(=O)c2ccccc2C1=O.CC[P+](c1ccccc1C)(c1ccccc1C)c1ccccc1C. The fraction of sp³-hybridized carbons (Fsp3) is 0.235. The van der Waals surface area contributed by atoms with E-state index >= 15 is 0 Å². The predicted octanol–water partition coefficient (Wildman–Crippen LogP) is 6.62. The van der Waals surface area contributed by atoms with Gasteiger partial charge in [-0.1, -0.05) is 66.7 Å². The van der Waals surface area contributed by atoms with Gasteiger partial charge >= 0.3 is 0 Å². The molecule has 1 aliphatic heterocycles. The van der Waals surface area contributed by atoms with Crippen molar-refractivity contribution in [1.82, 2.24) is 4.90 Å². The first-order chi connectivity index (χ1) is 18.2. The van der Waals surface area contributed by atoms with Crippen molar-refractivity contribution in [3.63, 3.8) is 0 Å². The van der Waals surface area contributed by atoms with E-state index in [-0.39, 0.29) is 17.9 Å². The van der Waals surface area contributed by atoms with Crippen LogP contribution in [-0.4, -0.2) is 28.9 Å². The monoisotopic (exact) mass is 522 g/mol. The molecule has 0 fully saturated rings. The van der Waals surface area contributed by atoms with Gasteiger partial charge in [-0.05, 0) is 88.6 Å². The van der Waals surface area contributed by atoms with Gasteiger partial charge in [0.15, 0.2) is 0 Å². The first-order valence-corrected chi connectivity index (χ1v) is 15.2. The molecule has 0 aliphatic carbocycles. The standard InChI is InChI=1S/C23H26P.C11H11NO2/c1-5-24(21-15-9-6-12-18(21)2,22-16-10-7-13-19(22)3)23-17-11-8-14-20(23)4;1-7(2)12-10(13)8-5-3-4-6-9(8)11(12)14/h6-17H,5H2,1-4H3;3-7H,1-2H3/q+1;. The lowest BCUT2D eigenvalue weighted by Crippen LogP contribution is -2.36. The van der Waals surface area contributed by atoms with Gasteiger partial charge < -0.3 is 0 Å². The predicted molar refractivity (Wildman–Crippen MR) is 162 cm³/mol. The number of nitrogens with zero attached hydrogens (tertiary/aromatic N) is 1. The number of carbonyl (C=O) groups excluding carboxylic acids is 2. The number of imide groups is 1. The molecule has 0 radical (unpaired) electrons. The van der Waals surface area contributed by atoms with Crippen LogP contribution in [0.15, 0.2) is 97.1 Å². The van der Waals surface area contributed by atoms with Gasteiger partial charge in [0.25, 0.3) is 11.8 Å². The molecule has 4 aromatic carbocycles. The largest absolute Gasteiger partial charge is 0.272 e. The smallest absolute Gasteiger partial charge is 0.261 e. The van der Waals surface area contributed by atoms with Crippen LogP contribution in [0.3, 0.4) is 0 Å². The summed E-state index contributed by atoms with van der Waals surface area (Å²) in [5.41, 5.74) is 5.25. The molecule has 0 aromatic heterocycles. The molecule has 4 heteroatoms. The number of aryl methyl sites for hydroxylation is 3. The van der Waals surface area contributed by atoms with E-state index in [0.717, 1.165) is 6.16 Å². The lowest BCUT2D eigenvalue weighted by molar-refractivity contribution is 0.0609. The number of amides is 2. The van der Waals surface area contributed by atoms with Gasteiger partial charge in [-0.2, -0.15) is 0 Å². The zero-order chi connectivity index (χ0) is 27.4. The lowest BCUT2D eigenvalue weighted by Gasteiger charge is -2.30. The van der Waals surface area contributed by atoms with Crippen molar-refractivity contribution in [3.8, 4) is 0 Å². The zero-order valence-corrected chi connectivity index (χ0v) is 24.1. The summed E-state index contributed by atoms with van der Waals surface area (Å²) in [6.07, 6.45) is 1.15. The summed E-state index contributed by atoms with van der Waals surface area (Å²) >= 11 is 0. The minimum absolute atomic E-state index is 0.0811. The Morgan fingerprint density at radius 1 is 0.579 bits per heavy atom. The molecule has 3 nitrogen and oxygen atoms in total. The van der Waals surface area contributed by atoms with Gasteiger partial charge in [-0.25, -0.2) is 0 Å². The van der Waals surface area contributed by atoms with Crippen LogP contribution in [0.5, 0.6) is 0 Å². The fourth-order valence-electron chi connectivity index (χ4n) is 5.55. The minimum Gasteiger partial charge on any atom is -0.272 e. The van der Waals surface area contributed by atoms with Crippen LogP contribution in [0.1, 0.15) is 58.2 Å². The molecule has 0 saturated carbocycles. The van der Waals surface area contributed by atoms with E-state index in [1.54, 1.807) is 24.3 Å². The Hall–Kier alpha value is -3.55. The Balaban J connectivity index is 0.000000204. The maximum atomic E-state index is 11.8. The molecule has 38 heavy (non-hydrogen) atoms. The van der Waals surface area contributed by atoms with Gasteiger partial charge in [0.1, 0.15) is 23.2 Å². The highest BCUT2D eigenvalue weighted by Crippen LogP contribution is 2.56. The normalized spacial score (nSPS) is 12.9. The summed E-state index contributed by atoms with van der Waals surface area (Å²) in [5.74, 6) is -0.360. The maximum absolute atomic E-state index is 11.8. The third-order valence-electron chi connectivity index (χ3n) is 7.40. The maximum Gasteiger partial charge on any atom is 0.261 e. The van der Waals surface area contributed by atoms with Crippen LogP contribution in [0.2, 0.25) is 0 Å². The number of rotatable bonds is 5. The second-order valence-corrected chi connectivity index (χ2v) is 13.8. The van der Waals surface area contributed by atoms with Crippen molar-refractivity contribution in [3.05, 3.63) is 125 Å². The average Bonchev–Trinajstić information content (AvgIpc) is 3.18. The summed E-state index contributed by atoms with van der Waals surface area (Å²) < 4.78 is 0. The summed E-state index contributed by atoms with van der Waals surface area (Å²) in [4.78, 5) is 24.8. The van der Waals surface area contributed by atoms with Crippen LogP contribution in [0.4, 0.5) is 0 Å². The molecule has 194 valence electrons. The third kappa shape index (κ3) is 4.84. The quantitative estimate of drug-likeness (QED) is 0.218. The Morgan fingerprint density at radius 2 is 0.895 bits per heavy atom. The summed E-state index contributed by atoms with van der Waals surface area (Å²) in [7, 11) is -1.65. The van der Waals surface area contributed by atoms with Gasteiger partial charge in [-0.3, -0.25) is 14.5 Å². The van der Waals surface area contributed by atoms with Crippen LogP contribution >= 0.6 is 7.26 Å². The fourth-order valence-corrected chi connectivity index (χ4v) is 10.4. The van der Waals surface area contributed by atoms with E-state index < -0.39 is 7.26 Å². The number of fused-ring (bicyclic) bond motifs is 1. The van der Waals surface area contributed by atoms with Gasteiger partial charge in [0.05, 0.1) is 17.3 Å². The van der Waals surface area contributed by atoms with Crippen LogP contribution in [0, 0.1) is 20.8 Å². The average molecular weight is 523 g/mol. The van der Waals surface area contributed by atoms with Gasteiger partial charge in [0, 0.05) is 6.04 Å². The van der Waals surface area contributed by atoms with Crippen LogP contribution < -0.4 is 15.9 Å². The number of carbonyl (C=O) groups is 2. The molecule has 0 spiro atoms. The Morgan fingerprint density at radius 3 is 1.18 bits per heavy atom. The van der Waals surface area contributed by atoms with Crippen molar-refractivity contribution in [2.45, 2.75) is 47.6 Å². The molecule has 1 aliphatic rings. The molecular formula is C34H37NO2P+. The minimum atomic E-state index is -1.65. The number of hydrogen-bond acceptors (Lipinski definition) is 2. The van der Waals surface area contributed by atoms with E-state index in [2.05, 4.69) is 100 Å². The highest BCUT2D eigenvalue weighted by Gasteiger charge is 2.46. The summed E-state index contributed by atoms with van der Waals surface area (Å²) in [6, 6.07) is 33.7. The third-order valence-corrected chi connectivity index (χ3v) is 12.3. The highest BCUT2D eigenvalue weighted by molar-refractivity contribution is 7.95. The summed E-state index contributed by atoms with van der Waals surface area (Å²) in [5, 5.41) is 4.57. The van der Waals surface area contributed by atoms with E-state index in [0.29, 0.717) is 11.1 Å². The Labute approximate surface area is 227 Å². The van der Waals surface area contributed by atoms with Crippen molar-refractivity contribution in [2.75, 3.05) is 6.16 Å². The Bertz CT molecular complexity index is 1330. The van der Waals surface area contributed by atoms with Crippen LogP contribution in [-0.2, 0) is 0 Å². The van der Waals surface area contributed by atoms with E-state index in [9.17, 15) is 9.59 Å². The molecule has 1 heterocycles. The van der Waals surface area contributed by atoms with Crippen LogP contribution in [0.25, 0.3) is 0 Å². The topological polar surface area (TPSA) is 37.4 Å². The molecule has 0 N–H and O–H groups in total. The molecule has 0 bridgehead atoms. The first kappa shape index (κ1) is 27.5. The number of benzene rings is 4. The van der Waals surface area contributed by atoms with E-state index in [1.165, 1.54) is 37.5 Å². The van der Waals surface area contributed by atoms with Gasteiger partial charge in [0.2, 0.25) is 0 Å². The van der Waals surface area contributed by atoms with Gasteiger partial charge in [-0.15, -0.1) is 0 Å². The second kappa shape index (κ2) is 11.5. The lowest BCUT2D eigenvalue weighted by atomic mass is 10.1. The first-order valence-electron chi connectivity index (χ1n) is 13.3. The molecule has 2 amide bonds.